The Morgan fingerprint density at radius 1 is 1.36 bits per heavy atom. The summed E-state index contributed by atoms with van der Waals surface area (Å²) in [6.07, 6.45) is 0.976. The van der Waals surface area contributed by atoms with E-state index in [-0.39, 0.29) is 0 Å². The van der Waals surface area contributed by atoms with Gasteiger partial charge in [0, 0.05) is 16.5 Å². The van der Waals surface area contributed by atoms with Crippen molar-refractivity contribution in [3.63, 3.8) is 0 Å². The lowest BCUT2D eigenvalue weighted by Gasteiger charge is -2.07. The Morgan fingerprint density at radius 2 is 1.93 bits per heavy atom. The van der Waals surface area contributed by atoms with Crippen LogP contribution in [0.15, 0.2) is 12.1 Å². The molecular formula is C10H9Cl2NO. The Hall–Kier alpha value is -0.910. The zero-order valence-corrected chi connectivity index (χ0v) is 9.19. The first-order chi connectivity index (χ1) is 6.69. The van der Waals surface area contributed by atoms with Crippen LogP contribution >= 0.6 is 23.2 Å². The van der Waals surface area contributed by atoms with E-state index < -0.39 is 0 Å². The van der Waals surface area contributed by atoms with Crippen molar-refractivity contribution in [3.8, 4) is 11.8 Å². The third-order valence-corrected chi connectivity index (χ3v) is 2.51. The van der Waals surface area contributed by atoms with Crippen LogP contribution in [0, 0.1) is 11.3 Å². The fraction of sp³-hybridized carbons (Fsp3) is 0.300. The zero-order chi connectivity index (χ0) is 10.6. The van der Waals surface area contributed by atoms with Crippen molar-refractivity contribution >= 4 is 23.2 Å². The van der Waals surface area contributed by atoms with Crippen LogP contribution < -0.4 is 4.74 Å². The van der Waals surface area contributed by atoms with E-state index in [0.29, 0.717) is 28.6 Å². The Morgan fingerprint density at radius 3 is 2.36 bits per heavy atom. The van der Waals surface area contributed by atoms with E-state index in [1.54, 1.807) is 19.2 Å². The molecule has 74 valence electrons. The van der Waals surface area contributed by atoms with E-state index >= 15 is 0 Å². The summed E-state index contributed by atoms with van der Waals surface area (Å²) in [5.74, 6) is 0.626. The highest BCUT2D eigenvalue weighted by Gasteiger charge is 2.07. The molecule has 2 nitrogen and oxygen atoms in total. The molecule has 4 heteroatoms. The number of halogens is 2. The molecule has 0 aliphatic carbocycles. The second-order valence-electron chi connectivity index (χ2n) is 2.73. The Balaban J connectivity index is 3.00. The predicted octanol–water partition coefficient (Wildman–Crippen LogP) is 3.46. The first-order valence-electron chi connectivity index (χ1n) is 4.08. The van der Waals surface area contributed by atoms with Crippen molar-refractivity contribution in [1.82, 2.24) is 0 Å². The van der Waals surface area contributed by atoms with Gasteiger partial charge in [0.1, 0.15) is 5.75 Å². The van der Waals surface area contributed by atoms with Crippen LogP contribution in [0.5, 0.6) is 5.75 Å². The molecule has 0 amide bonds. The molecule has 0 aliphatic rings. The maximum atomic E-state index is 8.45. The SMILES string of the molecule is COc1cc(Cl)c(CCC#N)c(Cl)c1. The quantitative estimate of drug-likeness (QED) is 0.796. The molecule has 0 atom stereocenters. The maximum absolute atomic E-state index is 8.45. The van der Waals surface area contributed by atoms with Crippen molar-refractivity contribution < 1.29 is 4.74 Å². The number of methoxy groups -OCH3 is 1. The van der Waals surface area contributed by atoms with Crippen LogP contribution in [-0.2, 0) is 6.42 Å². The minimum absolute atomic E-state index is 0.409. The second kappa shape index (κ2) is 5.09. The average molecular weight is 230 g/mol. The fourth-order valence-corrected chi connectivity index (χ4v) is 1.77. The minimum atomic E-state index is 0.409. The van der Waals surface area contributed by atoms with Gasteiger partial charge in [0.15, 0.2) is 0 Å². The van der Waals surface area contributed by atoms with Gasteiger partial charge in [0.25, 0.3) is 0 Å². The number of hydrogen-bond donors (Lipinski definition) is 0. The molecule has 0 aliphatic heterocycles. The molecule has 0 radical (unpaired) electrons. The zero-order valence-electron chi connectivity index (χ0n) is 7.68. The summed E-state index contributed by atoms with van der Waals surface area (Å²) in [4.78, 5) is 0. The van der Waals surface area contributed by atoms with Crippen molar-refractivity contribution in [2.24, 2.45) is 0 Å². The third-order valence-electron chi connectivity index (χ3n) is 1.84. The average Bonchev–Trinajstić information content (AvgIpc) is 2.16. The standard InChI is InChI=1S/C10H9Cl2NO/c1-14-7-5-9(11)8(3-2-4-13)10(12)6-7/h5-6H,2-3H2,1H3. The predicted molar refractivity (Wildman–Crippen MR) is 56.9 cm³/mol. The van der Waals surface area contributed by atoms with Gasteiger partial charge in [-0.15, -0.1) is 0 Å². The van der Waals surface area contributed by atoms with E-state index in [1.165, 1.54) is 0 Å². The van der Waals surface area contributed by atoms with Crippen LogP contribution in [0.1, 0.15) is 12.0 Å². The number of ether oxygens (including phenoxy) is 1. The summed E-state index contributed by atoms with van der Waals surface area (Å²) >= 11 is 12.0. The molecule has 0 spiro atoms. The summed E-state index contributed by atoms with van der Waals surface area (Å²) in [5, 5.41) is 9.54. The summed E-state index contributed by atoms with van der Waals surface area (Å²) in [6.45, 7) is 0. The lowest BCUT2D eigenvalue weighted by Crippen LogP contribution is -1.90. The summed E-state index contributed by atoms with van der Waals surface area (Å²) in [7, 11) is 1.55. The Labute approximate surface area is 93.0 Å². The molecule has 0 unspecified atom stereocenters. The Bertz CT molecular complexity index is 348. The second-order valence-corrected chi connectivity index (χ2v) is 3.54. The maximum Gasteiger partial charge on any atom is 0.121 e. The van der Waals surface area contributed by atoms with Crippen molar-refractivity contribution in [3.05, 3.63) is 27.7 Å². The first kappa shape index (κ1) is 11.2. The van der Waals surface area contributed by atoms with Crippen LogP contribution in [0.2, 0.25) is 10.0 Å². The van der Waals surface area contributed by atoms with Gasteiger partial charge >= 0.3 is 0 Å². The molecule has 1 aromatic rings. The van der Waals surface area contributed by atoms with E-state index in [4.69, 9.17) is 33.2 Å². The lowest BCUT2D eigenvalue weighted by molar-refractivity contribution is 0.414. The van der Waals surface area contributed by atoms with E-state index in [9.17, 15) is 0 Å². The van der Waals surface area contributed by atoms with Gasteiger partial charge in [0.05, 0.1) is 13.2 Å². The first-order valence-corrected chi connectivity index (χ1v) is 4.83. The van der Waals surface area contributed by atoms with Crippen molar-refractivity contribution in [2.75, 3.05) is 7.11 Å². The van der Waals surface area contributed by atoms with E-state index in [1.807, 2.05) is 0 Å². The fourth-order valence-electron chi connectivity index (χ4n) is 1.12. The molecule has 0 aromatic heterocycles. The molecular weight excluding hydrogens is 221 g/mol. The number of hydrogen-bond acceptors (Lipinski definition) is 2. The monoisotopic (exact) mass is 229 g/mol. The van der Waals surface area contributed by atoms with Gasteiger partial charge in [0.2, 0.25) is 0 Å². The largest absolute Gasteiger partial charge is 0.497 e. The van der Waals surface area contributed by atoms with Crippen LogP contribution in [0.25, 0.3) is 0 Å². The molecule has 0 heterocycles. The number of nitriles is 1. The summed E-state index contributed by atoms with van der Waals surface area (Å²) < 4.78 is 5.00. The van der Waals surface area contributed by atoms with Crippen LogP contribution in [-0.4, -0.2) is 7.11 Å². The minimum Gasteiger partial charge on any atom is -0.497 e. The molecule has 14 heavy (non-hydrogen) atoms. The highest BCUT2D eigenvalue weighted by Crippen LogP contribution is 2.30. The summed E-state index contributed by atoms with van der Waals surface area (Å²) in [6, 6.07) is 5.44. The van der Waals surface area contributed by atoms with Gasteiger partial charge in [-0.2, -0.15) is 5.26 Å². The van der Waals surface area contributed by atoms with Crippen LogP contribution in [0.3, 0.4) is 0 Å². The number of rotatable bonds is 3. The Kier molecular flexibility index (Phi) is 4.06. The number of nitrogens with zero attached hydrogens (tertiary/aromatic N) is 1. The normalized spacial score (nSPS) is 9.57. The highest BCUT2D eigenvalue weighted by atomic mass is 35.5. The highest BCUT2D eigenvalue weighted by molar-refractivity contribution is 6.36. The molecule has 0 saturated carbocycles. The van der Waals surface area contributed by atoms with Gasteiger partial charge in [-0.25, -0.2) is 0 Å². The topological polar surface area (TPSA) is 33.0 Å². The van der Waals surface area contributed by atoms with Gasteiger partial charge in [-0.3, -0.25) is 0 Å². The van der Waals surface area contributed by atoms with Crippen molar-refractivity contribution in [2.45, 2.75) is 12.8 Å². The van der Waals surface area contributed by atoms with Crippen LogP contribution in [0.4, 0.5) is 0 Å². The third kappa shape index (κ3) is 2.54. The summed E-state index contributed by atoms with van der Waals surface area (Å²) in [5.41, 5.74) is 0.802. The van der Waals surface area contributed by atoms with Gasteiger partial charge < -0.3 is 4.74 Å². The molecule has 1 aromatic carbocycles. The molecule has 0 saturated heterocycles. The lowest BCUT2D eigenvalue weighted by atomic mass is 10.1. The van der Waals surface area contributed by atoms with Gasteiger partial charge in [-0.1, -0.05) is 23.2 Å². The van der Waals surface area contributed by atoms with E-state index in [0.717, 1.165) is 5.56 Å². The van der Waals surface area contributed by atoms with Gasteiger partial charge in [-0.05, 0) is 24.1 Å². The molecule has 0 fully saturated rings. The smallest absolute Gasteiger partial charge is 0.121 e. The molecule has 0 bridgehead atoms. The molecule has 0 N–H and O–H groups in total. The number of benzene rings is 1. The van der Waals surface area contributed by atoms with E-state index in [2.05, 4.69) is 6.07 Å². The van der Waals surface area contributed by atoms with Crippen molar-refractivity contribution in [1.29, 1.82) is 5.26 Å². The molecule has 1 rings (SSSR count).